The van der Waals surface area contributed by atoms with Crippen molar-refractivity contribution in [3.63, 3.8) is 0 Å². The number of H-pyrrole nitrogens is 1. The second-order valence-electron chi connectivity index (χ2n) is 14.4. The molecule has 0 saturated heterocycles. The standard InChI is InChI=1S/C23H27N2S.C21H23N2S.C5H5N.3ClH/c1-16-15-22(17(2)26-16)23(18-7-11-20(12-8-18)24(3)4)19-9-13-21(14-10-19)25(5)6;1-22(2)19-9-5-16(6-10-19)21(18-13-14-24-15-18)17-7-11-20(12-8-17)23(3)4;1-2-4-6-5-3-1;;;/h7-15H,1-6H3;5-15H,1-4H3;1-5H;3*1H/q2*+1;;;;/p-2. The lowest BCUT2D eigenvalue weighted by Gasteiger charge is -2.16. The molecule has 0 saturated carbocycles. The van der Waals surface area contributed by atoms with Crippen LogP contribution in [0.2, 0.25) is 0 Å². The lowest BCUT2D eigenvalue weighted by atomic mass is 9.91. The number of pyridine rings is 1. The Balaban J connectivity index is 0.000000341. The van der Waals surface area contributed by atoms with Gasteiger partial charge in [-0.15, -0.1) is 11.3 Å². The zero-order valence-corrected chi connectivity index (χ0v) is 39.6. The molecule has 0 aliphatic heterocycles. The van der Waals surface area contributed by atoms with Crippen molar-refractivity contribution in [1.82, 2.24) is 0 Å². The van der Waals surface area contributed by atoms with E-state index in [2.05, 4.69) is 214 Å². The molecule has 0 unspecified atom stereocenters. The lowest BCUT2D eigenvalue weighted by Crippen LogP contribution is -3.00. The highest BCUT2D eigenvalue weighted by Gasteiger charge is 2.17. The summed E-state index contributed by atoms with van der Waals surface area (Å²) in [5.41, 5.74) is 15.1. The van der Waals surface area contributed by atoms with E-state index in [1.807, 2.05) is 41.9 Å². The van der Waals surface area contributed by atoms with E-state index in [1.54, 1.807) is 11.3 Å². The van der Waals surface area contributed by atoms with E-state index in [1.165, 1.54) is 77.1 Å². The molecule has 59 heavy (non-hydrogen) atoms. The maximum absolute atomic E-state index is 2.89. The summed E-state index contributed by atoms with van der Waals surface area (Å²) < 4.78 is 4.26. The van der Waals surface area contributed by atoms with Crippen molar-refractivity contribution in [2.24, 2.45) is 0 Å². The number of allylic oxidation sites excluding steroid dienone is 10. The van der Waals surface area contributed by atoms with Gasteiger partial charge < -0.3 is 47.0 Å². The van der Waals surface area contributed by atoms with Crippen molar-refractivity contribution in [2.75, 3.05) is 66.2 Å². The van der Waals surface area contributed by atoms with Crippen LogP contribution in [0, 0.1) is 13.8 Å². The monoisotopic (exact) mass is 883 g/mol. The first-order valence-corrected chi connectivity index (χ1v) is 20.5. The Labute approximate surface area is 379 Å². The molecule has 310 valence electrons. The summed E-state index contributed by atoms with van der Waals surface area (Å²) in [6.45, 7) is 4.40. The molecule has 0 radical (unpaired) electrons. The second kappa shape index (κ2) is 24.4. The molecule has 3 heterocycles. The third kappa shape index (κ3) is 13.9. The Bertz CT molecular complexity index is 2270. The van der Waals surface area contributed by atoms with E-state index in [4.69, 9.17) is 0 Å². The number of aromatic nitrogens is 1. The largest absolute Gasteiger partial charge is 1.00 e. The van der Waals surface area contributed by atoms with Crippen LogP contribution in [0.3, 0.4) is 0 Å². The SMILES string of the molecule is CN(C)c1ccc(C(=C2C=CC(=[N+](C)C)C=C2)c2ccsc2)cc1.Cc1cc(C(=C2C=CC(=[N+](C)C)C=C2)c2ccc(N(C)C)cc2)c(C)s1.[Cl-].[Cl-].[Cl-].c1cc[nH+]cc1. The average Bonchev–Trinajstić information content (AvgIpc) is 3.86. The molecule has 0 fully saturated rings. The number of aromatic amines is 1. The van der Waals surface area contributed by atoms with Crippen molar-refractivity contribution in [3.05, 3.63) is 194 Å². The molecule has 0 spiro atoms. The molecule has 7 rings (SSSR count). The Morgan fingerprint density at radius 3 is 1.31 bits per heavy atom. The third-order valence-electron chi connectivity index (χ3n) is 9.42. The summed E-state index contributed by atoms with van der Waals surface area (Å²) in [6, 6.07) is 28.0. The van der Waals surface area contributed by atoms with Crippen molar-refractivity contribution in [3.8, 4) is 0 Å². The fraction of sp³-hybridized carbons (Fsp3) is 0.204. The molecule has 2 aliphatic rings. The fourth-order valence-corrected chi connectivity index (χ4v) is 7.89. The Morgan fingerprint density at radius 2 is 0.983 bits per heavy atom. The highest BCUT2D eigenvalue weighted by atomic mass is 35.5. The van der Waals surface area contributed by atoms with E-state index in [0.29, 0.717) is 0 Å². The zero-order chi connectivity index (χ0) is 40.2. The molecule has 3 aromatic heterocycles. The highest BCUT2D eigenvalue weighted by molar-refractivity contribution is 7.12. The number of halogens is 3. The highest BCUT2D eigenvalue weighted by Crippen LogP contribution is 2.36. The number of hydrogen-bond donors (Lipinski definition) is 0. The Kier molecular flexibility index (Phi) is 20.8. The number of aryl methyl sites for hydroxylation is 2. The molecule has 10 heteroatoms. The molecule has 2 aliphatic carbocycles. The number of anilines is 2. The van der Waals surface area contributed by atoms with Crippen molar-refractivity contribution >= 4 is 56.6 Å². The number of thiophene rings is 2. The molecule has 0 atom stereocenters. The van der Waals surface area contributed by atoms with Crippen molar-refractivity contribution < 1.29 is 51.4 Å². The summed E-state index contributed by atoms with van der Waals surface area (Å²) in [7, 11) is 16.6. The minimum absolute atomic E-state index is 0. The number of hydrogen-bond acceptors (Lipinski definition) is 4. The van der Waals surface area contributed by atoms with Crippen LogP contribution in [0.25, 0.3) is 11.1 Å². The molecular formula is C49H56Cl3N5S2. The molecule has 0 bridgehead atoms. The fourth-order valence-electron chi connectivity index (χ4n) is 6.31. The van der Waals surface area contributed by atoms with Gasteiger partial charge in [0.15, 0.2) is 23.8 Å². The predicted octanol–water partition coefficient (Wildman–Crippen LogP) is 1.04. The summed E-state index contributed by atoms with van der Waals surface area (Å²) >= 11 is 3.60. The minimum Gasteiger partial charge on any atom is -1.00 e. The Hall–Kier alpha value is -4.76. The zero-order valence-electron chi connectivity index (χ0n) is 35.7. The van der Waals surface area contributed by atoms with Crippen molar-refractivity contribution in [1.29, 1.82) is 0 Å². The molecule has 0 amide bonds. The average molecular weight is 886 g/mol. The van der Waals surface area contributed by atoms with Gasteiger partial charge in [-0.05, 0) is 130 Å². The van der Waals surface area contributed by atoms with Gasteiger partial charge in [0.05, 0.1) is 0 Å². The van der Waals surface area contributed by atoms with Gasteiger partial charge in [-0.1, -0.05) is 30.3 Å². The van der Waals surface area contributed by atoms with Crippen LogP contribution in [-0.4, -0.2) is 77.0 Å². The molecular weight excluding hydrogens is 829 g/mol. The van der Waals surface area contributed by atoms with E-state index in [9.17, 15) is 0 Å². The predicted molar refractivity (Wildman–Crippen MR) is 245 cm³/mol. The van der Waals surface area contributed by atoms with Crippen LogP contribution < -0.4 is 52.0 Å². The number of nitrogens with one attached hydrogen (secondary N) is 1. The van der Waals surface area contributed by atoms with Crippen molar-refractivity contribution in [2.45, 2.75) is 13.8 Å². The maximum Gasteiger partial charge on any atom is 0.199 e. The van der Waals surface area contributed by atoms with Crippen LogP contribution in [0.15, 0.2) is 162 Å². The number of nitrogens with zero attached hydrogens (tertiary/aromatic N) is 4. The van der Waals surface area contributed by atoms with E-state index >= 15 is 0 Å². The van der Waals surface area contributed by atoms with Gasteiger partial charge in [0.2, 0.25) is 0 Å². The second-order valence-corrected chi connectivity index (χ2v) is 16.7. The summed E-state index contributed by atoms with van der Waals surface area (Å²) in [4.78, 5) is 9.87. The maximum atomic E-state index is 2.89. The number of rotatable bonds is 6. The van der Waals surface area contributed by atoms with E-state index in [-0.39, 0.29) is 37.2 Å². The first-order valence-electron chi connectivity index (χ1n) is 18.8. The van der Waals surface area contributed by atoms with Crippen LogP contribution in [-0.2, 0) is 0 Å². The number of benzene rings is 2. The van der Waals surface area contributed by atoms with Crippen LogP contribution in [0.4, 0.5) is 11.4 Å². The normalized spacial score (nSPS) is 12.1. The lowest BCUT2D eigenvalue weighted by molar-refractivity contribution is -0.462. The quantitative estimate of drug-likeness (QED) is 0.239. The first-order chi connectivity index (χ1) is 26.9. The van der Waals surface area contributed by atoms with Gasteiger partial charge >= 0.3 is 0 Å². The summed E-state index contributed by atoms with van der Waals surface area (Å²) in [5, 5.41) is 4.35. The van der Waals surface area contributed by atoms with Gasteiger partial charge in [0.25, 0.3) is 0 Å². The van der Waals surface area contributed by atoms with Gasteiger partial charge in [-0.2, -0.15) is 11.3 Å². The molecule has 5 nitrogen and oxygen atoms in total. The summed E-state index contributed by atoms with van der Waals surface area (Å²) in [5.74, 6) is 0. The summed E-state index contributed by atoms with van der Waals surface area (Å²) in [6.07, 6.45) is 21.4. The first kappa shape index (κ1) is 50.4. The molecule has 2 aromatic carbocycles. The van der Waals surface area contributed by atoms with Gasteiger partial charge in [-0.25, -0.2) is 14.1 Å². The van der Waals surface area contributed by atoms with E-state index < -0.39 is 0 Å². The minimum atomic E-state index is 0. The van der Waals surface area contributed by atoms with E-state index in [0.717, 1.165) is 0 Å². The topological polar surface area (TPSA) is 26.6 Å². The molecule has 1 N–H and O–H groups in total. The van der Waals surface area contributed by atoms with Crippen LogP contribution >= 0.6 is 22.7 Å². The Morgan fingerprint density at radius 1 is 0.542 bits per heavy atom. The van der Waals surface area contributed by atoms with Gasteiger partial charge in [0.1, 0.15) is 28.2 Å². The van der Waals surface area contributed by atoms with Crippen LogP contribution in [0.1, 0.15) is 32.0 Å². The van der Waals surface area contributed by atoms with Crippen LogP contribution in [0.5, 0.6) is 0 Å². The third-order valence-corrected chi connectivity index (χ3v) is 11.1. The molecule has 5 aromatic rings. The van der Waals surface area contributed by atoms with Gasteiger partial charge in [-0.3, -0.25) is 0 Å². The smallest absolute Gasteiger partial charge is 0.199 e. The van der Waals surface area contributed by atoms with Gasteiger partial charge in [0, 0.05) is 85.8 Å².